The van der Waals surface area contributed by atoms with Crippen LogP contribution in [0.25, 0.3) is 0 Å². The zero-order chi connectivity index (χ0) is 10.1. The summed E-state index contributed by atoms with van der Waals surface area (Å²) in [6.07, 6.45) is 0. The maximum atomic E-state index is 10.7. The molecule has 0 aromatic heterocycles. The van der Waals surface area contributed by atoms with Crippen molar-refractivity contribution in [2.45, 2.75) is 12.7 Å². The van der Waals surface area contributed by atoms with E-state index in [-0.39, 0.29) is 5.75 Å². The third-order valence-corrected chi connectivity index (χ3v) is 2.69. The summed E-state index contributed by atoms with van der Waals surface area (Å²) in [5.41, 5.74) is 7.72. The Hall–Kier alpha value is -0.740. The Morgan fingerprint density at radius 1 is 1.46 bits per heavy atom. The molecule has 72 valence electrons. The second-order valence-electron chi connectivity index (χ2n) is 2.87. The number of nitrogens with two attached hydrogens (primary N) is 1. The molecule has 0 unspecified atom stereocenters. The first-order valence-corrected chi connectivity index (χ1v) is 6.14. The van der Waals surface area contributed by atoms with Crippen LogP contribution in [0.2, 0.25) is 0 Å². The summed E-state index contributed by atoms with van der Waals surface area (Å²) in [5.74, 6) is -0.182. The Bertz CT molecular complexity index is 414. The SMILES string of the molecule is Cc1ccc(CS(=O)(=O)Cl)cc1N. The lowest BCUT2D eigenvalue weighted by atomic mass is 10.1. The minimum atomic E-state index is -3.49. The molecule has 0 bridgehead atoms. The zero-order valence-electron chi connectivity index (χ0n) is 7.12. The highest BCUT2D eigenvalue weighted by atomic mass is 35.7. The molecule has 1 aromatic rings. The van der Waals surface area contributed by atoms with E-state index in [1.165, 1.54) is 0 Å². The summed E-state index contributed by atoms with van der Waals surface area (Å²) in [4.78, 5) is 0. The van der Waals surface area contributed by atoms with Crippen LogP contribution in [0.3, 0.4) is 0 Å². The molecule has 0 amide bonds. The van der Waals surface area contributed by atoms with E-state index >= 15 is 0 Å². The third-order valence-electron chi connectivity index (χ3n) is 1.68. The second kappa shape index (κ2) is 3.55. The minimum absolute atomic E-state index is 0.182. The normalized spacial score (nSPS) is 11.5. The Labute approximate surface area is 81.9 Å². The summed E-state index contributed by atoms with van der Waals surface area (Å²) in [5, 5.41) is 0. The molecule has 1 aromatic carbocycles. The predicted octanol–water partition coefficient (Wildman–Crippen LogP) is 1.65. The molecule has 0 aliphatic rings. The van der Waals surface area contributed by atoms with Crippen molar-refractivity contribution in [2.75, 3.05) is 5.73 Å². The summed E-state index contributed by atoms with van der Waals surface area (Å²) < 4.78 is 21.4. The van der Waals surface area contributed by atoms with Gasteiger partial charge in [-0.25, -0.2) is 8.42 Å². The number of rotatable bonds is 2. The van der Waals surface area contributed by atoms with Gasteiger partial charge in [-0.3, -0.25) is 0 Å². The van der Waals surface area contributed by atoms with E-state index in [1.54, 1.807) is 18.2 Å². The molecule has 0 aliphatic carbocycles. The number of benzene rings is 1. The van der Waals surface area contributed by atoms with Crippen LogP contribution >= 0.6 is 10.7 Å². The summed E-state index contributed by atoms with van der Waals surface area (Å²) in [6, 6.07) is 5.09. The molecule has 0 saturated heterocycles. The average Bonchev–Trinajstić information content (AvgIpc) is 1.94. The van der Waals surface area contributed by atoms with E-state index in [1.807, 2.05) is 6.92 Å². The Kier molecular flexibility index (Phi) is 2.83. The van der Waals surface area contributed by atoms with Crippen LogP contribution in [0.1, 0.15) is 11.1 Å². The molecule has 3 nitrogen and oxygen atoms in total. The quantitative estimate of drug-likeness (QED) is 0.608. The zero-order valence-corrected chi connectivity index (χ0v) is 8.69. The monoisotopic (exact) mass is 219 g/mol. The van der Waals surface area contributed by atoms with E-state index in [9.17, 15) is 8.42 Å². The highest BCUT2D eigenvalue weighted by Crippen LogP contribution is 2.16. The van der Waals surface area contributed by atoms with Crippen LogP contribution in [0.15, 0.2) is 18.2 Å². The molecule has 13 heavy (non-hydrogen) atoms. The number of anilines is 1. The highest BCUT2D eigenvalue weighted by Gasteiger charge is 2.07. The van der Waals surface area contributed by atoms with Gasteiger partial charge < -0.3 is 5.73 Å². The summed E-state index contributed by atoms with van der Waals surface area (Å²) in [6.45, 7) is 1.86. The lowest BCUT2D eigenvalue weighted by Gasteiger charge is -2.02. The third kappa shape index (κ3) is 3.24. The maximum Gasteiger partial charge on any atom is 0.236 e. The fraction of sp³-hybridized carbons (Fsp3) is 0.250. The fourth-order valence-electron chi connectivity index (χ4n) is 0.979. The topological polar surface area (TPSA) is 60.2 Å². The Morgan fingerprint density at radius 2 is 2.08 bits per heavy atom. The van der Waals surface area contributed by atoms with Gasteiger partial charge in [0, 0.05) is 16.4 Å². The lowest BCUT2D eigenvalue weighted by Crippen LogP contribution is -1.97. The summed E-state index contributed by atoms with van der Waals surface area (Å²) >= 11 is 0. The standard InChI is InChI=1S/C8H10ClNO2S/c1-6-2-3-7(4-8(6)10)5-13(9,11)12/h2-4H,5,10H2,1H3. The van der Waals surface area contributed by atoms with Gasteiger partial charge in [-0.1, -0.05) is 12.1 Å². The van der Waals surface area contributed by atoms with Gasteiger partial charge in [0.1, 0.15) is 0 Å². The van der Waals surface area contributed by atoms with E-state index in [0.29, 0.717) is 11.3 Å². The molecule has 0 fully saturated rings. The van der Waals surface area contributed by atoms with Crippen molar-refractivity contribution in [3.8, 4) is 0 Å². The average molecular weight is 220 g/mol. The van der Waals surface area contributed by atoms with E-state index < -0.39 is 9.05 Å². The van der Waals surface area contributed by atoms with Crippen molar-refractivity contribution in [1.82, 2.24) is 0 Å². The Morgan fingerprint density at radius 3 is 2.54 bits per heavy atom. The number of hydrogen-bond acceptors (Lipinski definition) is 3. The van der Waals surface area contributed by atoms with Gasteiger partial charge in [0.05, 0.1) is 5.75 Å². The lowest BCUT2D eigenvalue weighted by molar-refractivity contribution is 0.609. The van der Waals surface area contributed by atoms with Gasteiger partial charge in [0.15, 0.2) is 0 Å². The van der Waals surface area contributed by atoms with Gasteiger partial charge >= 0.3 is 0 Å². The molecule has 0 saturated carbocycles. The van der Waals surface area contributed by atoms with Crippen LogP contribution < -0.4 is 5.73 Å². The van der Waals surface area contributed by atoms with Crippen molar-refractivity contribution < 1.29 is 8.42 Å². The van der Waals surface area contributed by atoms with Crippen LogP contribution in [-0.4, -0.2) is 8.42 Å². The van der Waals surface area contributed by atoms with Gasteiger partial charge in [-0.05, 0) is 24.1 Å². The molecular formula is C8H10ClNO2S. The minimum Gasteiger partial charge on any atom is -0.399 e. The molecule has 0 atom stereocenters. The van der Waals surface area contributed by atoms with Crippen molar-refractivity contribution in [3.63, 3.8) is 0 Å². The highest BCUT2D eigenvalue weighted by molar-refractivity contribution is 8.13. The van der Waals surface area contributed by atoms with E-state index in [0.717, 1.165) is 5.56 Å². The second-order valence-corrected chi connectivity index (χ2v) is 5.65. The fourth-order valence-corrected chi connectivity index (χ4v) is 1.93. The van der Waals surface area contributed by atoms with E-state index in [4.69, 9.17) is 16.4 Å². The Balaban J connectivity index is 2.99. The van der Waals surface area contributed by atoms with Crippen LogP contribution in [-0.2, 0) is 14.8 Å². The molecular weight excluding hydrogens is 210 g/mol. The molecule has 5 heteroatoms. The number of hydrogen-bond donors (Lipinski definition) is 1. The van der Waals surface area contributed by atoms with Crippen LogP contribution in [0, 0.1) is 6.92 Å². The largest absolute Gasteiger partial charge is 0.399 e. The number of halogens is 1. The number of aryl methyl sites for hydroxylation is 1. The van der Waals surface area contributed by atoms with Crippen molar-refractivity contribution in [1.29, 1.82) is 0 Å². The maximum absolute atomic E-state index is 10.7. The van der Waals surface area contributed by atoms with Crippen LogP contribution in [0.5, 0.6) is 0 Å². The first-order chi connectivity index (χ1) is 5.88. The van der Waals surface area contributed by atoms with Crippen molar-refractivity contribution in [2.24, 2.45) is 0 Å². The van der Waals surface area contributed by atoms with Crippen molar-refractivity contribution in [3.05, 3.63) is 29.3 Å². The molecule has 0 heterocycles. The first-order valence-electron chi connectivity index (χ1n) is 3.66. The molecule has 0 aliphatic heterocycles. The number of nitrogen functional groups attached to an aromatic ring is 1. The predicted molar refractivity (Wildman–Crippen MR) is 54.1 cm³/mol. The first kappa shape index (κ1) is 10.3. The smallest absolute Gasteiger partial charge is 0.236 e. The molecule has 0 radical (unpaired) electrons. The van der Waals surface area contributed by atoms with Gasteiger partial charge in [0.2, 0.25) is 9.05 Å². The van der Waals surface area contributed by atoms with Gasteiger partial charge in [-0.2, -0.15) is 0 Å². The molecule has 2 N–H and O–H groups in total. The van der Waals surface area contributed by atoms with Gasteiger partial charge in [0.25, 0.3) is 0 Å². The summed E-state index contributed by atoms with van der Waals surface area (Å²) in [7, 11) is 1.60. The van der Waals surface area contributed by atoms with Crippen LogP contribution in [0.4, 0.5) is 5.69 Å². The van der Waals surface area contributed by atoms with E-state index in [2.05, 4.69) is 0 Å². The molecule has 1 rings (SSSR count). The van der Waals surface area contributed by atoms with Gasteiger partial charge in [-0.15, -0.1) is 0 Å². The van der Waals surface area contributed by atoms with Crippen molar-refractivity contribution >= 4 is 25.4 Å². The molecule has 0 spiro atoms.